The van der Waals surface area contributed by atoms with Crippen LogP contribution in [0.1, 0.15) is 12.5 Å². The van der Waals surface area contributed by atoms with E-state index in [-0.39, 0.29) is 18.2 Å². The molecule has 8 nitrogen and oxygen atoms in total. The predicted octanol–water partition coefficient (Wildman–Crippen LogP) is 5.38. The maximum atomic E-state index is 14.4. The maximum absolute atomic E-state index is 14.4. The summed E-state index contributed by atoms with van der Waals surface area (Å²) < 4.78 is 23.6. The van der Waals surface area contributed by atoms with Gasteiger partial charge in [0.15, 0.2) is 6.61 Å². The summed E-state index contributed by atoms with van der Waals surface area (Å²) >= 11 is 1.34. The zero-order chi connectivity index (χ0) is 26.1. The number of thiazole rings is 1. The molecule has 38 heavy (non-hydrogen) atoms. The number of nitrogens with zero attached hydrogens (tertiary/aromatic N) is 5. The number of amides is 1. The second-order valence-corrected chi connectivity index (χ2v) is 9.37. The van der Waals surface area contributed by atoms with Crippen LogP contribution in [0.2, 0.25) is 0 Å². The molecular formula is C28H21FN6O2S. The fourth-order valence-corrected chi connectivity index (χ4v) is 4.90. The van der Waals surface area contributed by atoms with Crippen molar-refractivity contribution in [3.05, 3.63) is 107 Å². The third-order valence-corrected chi connectivity index (χ3v) is 6.82. The van der Waals surface area contributed by atoms with E-state index >= 15 is 0 Å². The van der Waals surface area contributed by atoms with E-state index in [1.165, 1.54) is 17.4 Å². The Kier molecular flexibility index (Phi) is 6.14. The Labute approximate surface area is 221 Å². The summed E-state index contributed by atoms with van der Waals surface area (Å²) in [6.45, 7) is 1.90. The lowest BCUT2D eigenvalue weighted by Crippen LogP contribution is -2.25. The smallest absolute Gasteiger partial charge is 0.262 e. The molecule has 3 aromatic carbocycles. The molecule has 0 bridgehead atoms. The minimum Gasteiger partial charge on any atom is -0.482 e. The van der Waals surface area contributed by atoms with Crippen molar-refractivity contribution in [3.63, 3.8) is 0 Å². The Morgan fingerprint density at radius 1 is 1.13 bits per heavy atom. The molecule has 0 atom stereocenters. The highest BCUT2D eigenvalue weighted by molar-refractivity contribution is 7.07. The average molecular weight is 525 g/mol. The van der Waals surface area contributed by atoms with E-state index in [1.807, 2.05) is 65.5 Å². The largest absolute Gasteiger partial charge is 0.482 e. The molecule has 0 unspecified atom stereocenters. The van der Waals surface area contributed by atoms with Crippen LogP contribution in [0, 0.1) is 5.82 Å². The van der Waals surface area contributed by atoms with Crippen molar-refractivity contribution in [2.75, 3.05) is 11.9 Å². The normalized spacial score (nSPS) is 13.7. The third-order valence-electron chi connectivity index (χ3n) is 6.00. The summed E-state index contributed by atoms with van der Waals surface area (Å²) in [5.74, 6) is -0.0291. The number of carbonyl (C=O) groups excluding carboxylic acids is 1. The van der Waals surface area contributed by atoms with Gasteiger partial charge in [0.05, 0.1) is 23.4 Å². The number of benzene rings is 3. The fourth-order valence-electron chi connectivity index (χ4n) is 4.05. The van der Waals surface area contributed by atoms with Gasteiger partial charge in [-0.2, -0.15) is 5.10 Å². The van der Waals surface area contributed by atoms with Gasteiger partial charge in [-0.05, 0) is 55.0 Å². The van der Waals surface area contributed by atoms with Crippen LogP contribution in [0.25, 0.3) is 16.9 Å². The Bertz CT molecular complexity index is 1740. The maximum Gasteiger partial charge on any atom is 0.262 e. The highest BCUT2D eigenvalue weighted by Crippen LogP contribution is 2.33. The minimum absolute atomic E-state index is 0.0143. The molecule has 0 saturated carbocycles. The SMILES string of the molecule is CC(=Nn1c(-c2ccc3c(c2)NC(=O)CO3)csc1=Nc1ccccc1F)c1ccc(-n2ccnc2)cc1. The van der Waals surface area contributed by atoms with E-state index in [9.17, 15) is 9.18 Å². The zero-order valence-corrected chi connectivity index (χ0v) is 21.0. The van der Waals surface area contributed by atoms with Gasteiger partial charge in [0.25, 0.3) is 5.91 Å². The van der Waals surface area contributed by atoms with E-state index in [0.717, 1.165) is 28.2 Å². The number of carbonyl (C=O) groups is 1. The second kappa shape index (κ2) is 9.91. The van der Waals surface area contributed by atoms with Gasteiger partial charge in [-0.1, -0.05) is 24.3 Å². The average Bonchev–Trinajstić information content (AvgIpc) is 3.61. The van der Waals surface area contributed by atoms with Crippen LogP contribution in [0.3, 0.4) is 0 Å². The van der Waals surface area contributed by atoms with Crippen LogP contribution < -0.4 is 14.9 Å². The monoisotopic (exact) mass is 524 g/mol. The summed E-state index contributed by atoms with van der Waals surface area (Å²) in [6, 6.07) is 19.9. The van der Waals surface area contributed by atoms with Crippen molar-refractivity contribution in [2.24, 2.45) is 10.1 Å². The van der Waals surface area contributed by atoms with Crippen molar-refractivity contribution in [2.45, 2.75) is 6.92 Å². The number of hydrogen-bond donors (Lipinski definition) is 1. The number of hydrogen-bond acceptors (Lipinski definition) is 6. The highest BCUT2D eigenvalue weighted by Gasteiger charge is 2.18. The standard InChI is InChI=1S/C28H21FN6O2S/c1-18(19-6-9-21(10-7-19)34-13-12-30-17-34)33-35-25(16-38-28(35)32-23-5-3-2-4-22(23)29)20-8-11-26-24(14-20)31-27(36)15-37-26/h2-14,16-17H,15H2,1H3,(H,31,36). The van der Waals surface area contributed by atoms with E-state index in [4.69, 9.17) is 9.84 Å². The Morgan fingerprint density at radius 2 is 1.97 bits per heavy atom. The summed E-state index contributed by atoms with van der Waals surface area (Å²) in [7, 11) is 0. The summed E-state index contributed by atoms with van der Waals surface area (Å²) in [5, 5.41) is 9.65. The molecule has 1 aliphatic heterocycles. The first-order chi connectivity index (χ1) is 18.5. The van der Waals surface area contributed by atoms with Crippen LogP contribution in [-0.4, -0.2) is 32.5 Å². The molecule has 0 fully saturated rings. The number of nitrogens with one attached hydrogen (secondary N) is 1. The summed E-state index contributed by atoms with van der Waals surface area (Å²) in [4.78, 5) is 21.0. The van der Waals surface area contributed by atoms with Crippen LogP contribution >= 0.6 is 11.3 Å². The molecule has 0 radical (unpaired) electrons. The number of imidazole rings is 1. The van der Waals surface area contributed by atoms with Gasteiger partial charge in [0, 0.05) is 29.0 Å². The molecule has 1 N–H and O–H groups in total. The molecule has 10 heteroatoms. The van der Waals surface area contributed by atoms with Crippen LogP contribution in [0.5, 0.6) is 5.75 Å². The lowest BCUT2D eigenvalue weighted by atomic mass is 10.1. The van der Waals surface area contributed by atoms with Crippen LogP contribution in [0.4, 0.5) is 15.8 Å². The lowest BCUT2D eigenvalue weighted by Gasteiger charge is -2.18. The van der Waals surface area contributed by atoms with E-state index in [1.54, 1.807) is 35.4 Å². The molecule has 5 aromatic rings. The lowest BCUT2D eigenvalue weighted by molar-refractivity contribution is -0.118. The topological polar surface area (TPSA) is 85.8 Å². The molecular weight excluding hydrogens is 503 g/mol. The van der Waals surface area contributed by atoms with E-state index < -0.39 is 5.82 Å². The van der Waals surface area contributed by atoms with Gasteiger partial charge in [0.2, 0.25) is 4.80 Å². The van der Waals surface area contributed by atoms with Crippen molar-refractivity contribution >= 4 is 34.3 Å². The Morgan fingerprint density at radius 3 is 2.76 bits per heavy atom. The van der Waals surface area contributed by atoms with Crippen LogP contribution in [0.15, 0.2) is 101 Å². The first-order valence-electron chi connectivity index (χ1n) is 11.8. The fraction of sp³-hybridized carbons (Fsp3) is 0.0714. The molecule has 1 amide bonds. The molecule has 2 aromatic heterocycles. The first kappa shape index (κ1) is 23.6. The predicted molar refractivity (Wildman–Crippen MR) is 145 cm³/mol. The highest BCUT2D eigenvalue weighted by atomic mass is 32.1. The van der Waals surface area contributed by atoms with Crippen molar-refractivity contribution in [3.8, 4) is 22.7 Å². The van der Waals surface area contributed by atoms with Crippen molar-refractivity contribution in [1.29, 1.82) is 0 Å². The molecule has 3 heterocycles. The molecule has 0 spiro atoms. The van der Waals surface area contributed by atoms with E-state index in [0.29, 0.717) is 16.2 Å². The van der Waals surface area contributed by atoms with Gasteiger partial charge in [0.1, 0.15) is 17.3 Å². The minimum atomic E-state index is -0.418. The molecule has 0 aliphatic carbocycles. The van der Waals surface area contributed by atoms with Gasteiger partial charge < -0.3 is 14.6 Å². The molecule has 0 saturated heterocycles. The number of fused-ring (bicyclic) bond motifs is 1. The Hall–Kier alpha value is -4.83. The summed E-state index contributed by atoms with van der Waals surface area (Å²) in [6.07, 6.45) is 5.35. The third kappa shape index (κ3) is 4.64. The van der Waals surface area contributed by atoms with Gasteiger partial charge in [-0.15, -0.1) is 11.3 Å². The number of anilines is 1. The number of aromatic nitrogens is 3. The molecule has 6 rings (SSSR count). The number of ether oxygens (including phenoxy) is 1. The number of halogens is 1. The van der Waals surface area contributed by atoms with E-state index in [2.05, 4.69) is 15.3 Å². The second-order valence-electron chi connectivity index (χ2n) is 8.53. The first-order valence-corrected chi connectivity index (χ1v) is 12.6. The summed E-state index contributed by atoms with van der Waals surface area (Å²) in [5.41, 5.74) is 4.98. The number of rotatable bonds is 5. The number of para-hydroxylation sites is 1. The van der Waals surface area contributed by atoms with Crippen molar-refractivity contribution < 1.29 is 13.9 Å². The van der Waals surface area contributed by atoms with Gasteiger partial charge in [-0.25, -0.2) is 19.0 Å². The quantitative estimate of drug-likeness (QED) is 0.314. The van der Waals surface area contributed by atoms with Crippen LogP contribution in [-0.2, 0) is 4.79 Å². The molecule has 1 aliphatic rings. The van der Waals surface area contributed by atoms with Crippen molar-refractivity contribution in [1.82, 2.24) is 14.2 Å². The molecule has 188 valence electrons. The van der Waals surface area contributed by atoms with Gasteiger partial charge in [-0.3, -0.25) is 4.79 Å². The Balaban J connectivity index is 1.46. The van der Waals surface area contributed by atoms with Gasteiger partial charge >= 0.3 is 0 Å². The zero-order valence-electron chi connectivity index (χ0n) is 20.2.